The average Bonchev–Trinajstić information content (AvgIpc) is 2.18. The van der Waals surface area contributed by atoms with Crippen LogP contribution in [0.2, 0.25) is 0 Å². The predicted octanol–water partition coefficient (Wildman–Crippen LogP) is 0.114. The summed E-state index contributed by atoms with van der Waals surface area (Å²) < 4.78 is 26.3. The van der Waals surface area contributed by atoms with E-state index in [4.69, 9.17) is 0 Å². The van der Waals surface area contributed by atoms with Crippen molar-refractivity contribution in [2.45, 2.75) is 20.3 Å². The molecule has 0 radical (unpaired) electrons. The molecule has 0 aromatic heterocycles. The van der Waals surface area contributed by atoms with Crippen LogP contribution in [0.5, 0.6) is 0 Å². The van der Waals surface area contributed by atoms with Gasteiger partial charge in [0.25, 0.3) is 10.2 Å². The van der Waals surface area contributed by atoms with Crippen molar-refractivity contribution in [3.05, 3.63) is 0 Å². The minimum Gasteiger partial charge on any atom is -0.304 e. The molecule has 5 nitrogen and oxygen atoms in total. The van der Waals surface area contributed by atoms with Gasteiger partial charge in [0.2, 0.25) is 0 Å². The van der Waals surface area contributed by atoms with Gasteiger partial charge in [-0.25, -0.2) is 4.72 Å². The van der Waals surface area contributed by atoms with E-state index in [1.165, 1.54) is 18.4 Å². The number of nitrogens with one attached hydrogen (secondary N) is 1. The van der Waals surface area contributed by atoms with Crippen LogP contribution in [0.4, 0.5) is 0 Å². The molecule has 0 fully saturated rings. The number of rotatable bonds is 8. The van der Waals surface area contributed by atoms with Gasteiger partial charge >= 0.3 is 0 Å². The molecule has 0 bridgehead atoms. The number of nitrogens with zero attached hydrogens (tertiary/aromatic N) is 2. The first kappa shape index (κ1) is 14.8. The van der Waals surface area contributed by atoms with Gasteiger partial charge in [-0.3, -0.25) is 0 Å². The molecule has 0 unspecified atom stereocenters. The van der Waals surface area contributed by atoms with Gasteiger partial charge in [0, 0.05) is 20.6 Å². The van der Waals surface area contributed by atoms with Crippen molar-refractivity contribution >= 4 is 10.2 Å². The van der Waals surface area contributed by atoms with Gasteiger partial charge in [-0.2, -0.15) is 12.7 Å². The van der Waals surface area contributed by atoms with E-state index in [9.17, 15) is 8.42 Å². The van der Waals surface area contributed by atoms with Crippen LogP contribution in [0.25, 0.3) is 0 Å². The van der Waals surface area contributed by atoms with E-state index in [0.717, 1.165) is 26.1 Å². The van der Waals surface area contributed by atoms with Crippen molar-refractivity contribution < 1.29 is 8.42 Å². The van der Waals surface area contributed by atoms with Crippen LogP contribution in [-0.4, -0.2) is 57.9 Å². The van der Waals surface area contributed by atoms with Crippen LogP contribution in [0.3, 0.4) is 0 Å². The largest absolute Gasteiger partial charge is 0.304 e. The third kappa shape index (κ3) is 6.09. The summed E-state index contributed by atoms with van der Waals surface area (Å²) in [5, 5.41) is 0. The lowest BCUT2D eigenvalue weighted by atomic mass is 10.4. The monoisotopic (exact) mass is 237 g/mol. The molecule has 0 amide bonds. The first-order chi connectivity index (χ1) is 6.94. The Balaban J connectivity index is 3.72. The third-order valence-electron chi connectivity index (χ3n) is 2.31. The van der Waals surface area contributed by atoms with Crippen LogP contribution in [0.15, 0.2) is 0 Å². The lowest BCUT2D eigenvalue weighted by Crippen LogP contribution is -2.37. The lowest BCUT2D eigenvalue weighted by molar-refractivity contribution is 0.300. The van der Waals surface area contributed by atoms with Crippen LogP contribution < -0.4 is 4.72 Å². The summed E-state index contributed by atoms with van der Waals surface area (Å²) in [5.74, 6) is 0. The van der Waals surface area contributed by atoms with Crippen molar-refractivity contribution in [2.75, 3.05) is 40.3 Å². The highest BCUT2D eigenvalue weighted by molar-refractivity contribution is 7.87. The quantitative estimate of drug-likeness (QED) is 0.610. The molecule has 0 aliphatic heterocycles. The van der Waals surface area contributed by atoms with E-state index in [0.29, 0.717) is 6.54 Å². The summed E-state index contributed by atoms with van der Waals surface area (Å²) in [5.41, 5.74) is 0. The molecule has 6 heteroatoms. The third-order valence-corrected chi connectivity index (χ3v) is 3.84. The molecule has 0 saturated heterocycles. The molecule has 92 valence electrons. The van der Waals surface area contributed by atoms with E-state index >= 15 is 0 Å². The normalized spacial score (nSPS) is 12.7. The summed E-state index contributed by atoms with van der Waals surface area (Å²) in [4.78, 5) is 2.27. The van der Waals surface area contributed by atoms with E-state index in [1.54, 1.807) is 0 Å². The van der Waals surface area contributed by atoms with Crippen molar-refractivity contribution in [1.82, 2.24) is 13.9 Å². The fourth-order valence-electron chi connectivity index (χ4n) is 1.17. The molecule has 0 aliphatic rings. The zero-order valence-electron chi connectivity index (χ0n) is 10.2. The Morgan fingerprint density at radius 1 is 1.13 bits per heavy atom. The maximum atomic E-state index is 11.3. The summed E-state index contributed by atoms with van der Waals surface area (Å²) in [6.45, 7) is 7.66. The SMILES string of the molecule is CCN(CC)CCCNS(=O)(=O)N(C)C. The minimum atomic E-state index is -3.24. The first-order valence-electron chi connectivity index (χ1n) is 5.33. The van der Waals surface area contributed by atoms with Gasteiger partial charge in [0.15, 0.2) is 0 Å². The maximum Gasteiger partial charge on any atom is 0.278 e. The van der Waals surface area contributed by atoms with Gasteiger partial charge in [-0.15, -0.1) is 0 Å². The lowest BCUT2D eigenvalue weighted by Gasteiger charge is -2.18. The Morgan fingerprint density at radius 3 is 2.07 bits per heavy atom. The predicted molar refractivity (Wildman–Crippen MR) is 63.0 cm³/mol. The molecule has 0 saturated carbocycles. The summed E-state index contributed by atoms with van der Waals surface area (Å²) in [6.07, 6.45) is 0.842. The average molecular weight is 237 g/mol. The number of hydrogen-bond acceptors (Lipinski definition) is 3. The molecule has 0 heterocycles. The highest BCUT2D eigenvalue weighted by Crippen LogP contribution is 1.92. The maximum absolute atomic E-state index is 11.3. The van der Waals surface area contributed by atoms with Crippen molar-refractivity contribution in [3.63, 3.8) is 0 Å². The molecule has 0 atom stereocenters. The van der Waals surface area contributed by atoms with E-state index in [1.807, 2.05) is 0 Å². The molecule has 0 spiro atoms. The molecule has 0 rings (SSSR count). The van der Waals surface area contributed by atoms with Crippen molar-refractivity contribution in [3.8, 4) is 0 Å². The second kappa shape index (κ2) is 7.16. The van der Waals surface area contributed by atoms with Crippen LogP contribution in [-0.2, 0) is 10.2 Å². The molecular weight excluding hydrogens is 214 g/mol. The van der Waals surface area contributed by atoms with Gasteiger partial charge in [-0.1, -0.05) is 13.8 Å². The fourth-order valence-corrected chi connectivity index (χ4v) is 1.83. The fraction of sp³-hybridized carbons (Fsp3) is 1.00. The second-order valence-corrected chi connectivity index (χ2v) is 5.53. The van der Waals surface area contributed by atoms with Crippen molar-refractivity contribution in [1.29, 1.82) is 0 Å². The Labute approximate surface area is 93.6 Å². The molecule has 15 heavy (non-hydrogen) atoms. The Bertz CT molecular complexity index is 248. The standard InChI is InChI=1S/C9H23N3O2S/c1-5-12(6-2)9-7-8-10-15(13,14)11(3)4/h10H,5-9H2,1-4H3. The van der Waals surface area contributed by atoms with E-state index < -0.39 is 10.2 Å². The Morgan fingerprint density at radius 2 is 1.67 bits per heavy atom. The second-order valence-electron chi connectivity index (χ2n) is 3.56. The first-order valence-corrected chi connectivity index (χ1v) is 6.77. The van der Waals surface area contributed by atoms with Crippen LogP contribution in [0.1, 0.15) is 20.3 Å². The van der Waals surface area contributed by atoms with E-state index in [2.05, 4.69) is 23.5 Å². The summed E-state index contributed by atoms with van der Waals surface area (Å²) >= 11 is 0. The number of hydrogen-bond donors (Lipinski definition) is 1. The highest BCUT2D eigenvalue weighted by Gasteiger charge is 2.11. The van der Waals surface area contributed by atoms with Crippen LogP contribution in [0, 0.1) is 0 Å². The van der Waals surface area contributed by atoms with Gasteiger partial charge in [0.1, 0.15) is 0 Å². The van der Waals surface area contributed by atoms with Gasteiger partial charge < -0.3 is 4.90 Å². The molecule has 0 aliphatic carbocycles. The Hall–Kier alpha value is -0.170. The minimum absolute atomic E-state index is 0.497. The highest BCUT2D eigenvalue weighted by atomic mass is 32.2. The smallest absolute Gasteiger partial charge is 0.278 e. The molecular formula is C9H23N3O2S. The zero-order valence-corrected chi connectivity index (χ0v) is 11.0. The van der Waals surface area contributed by atoms with Gasteiger partial charge in [-0.05, 0) is 26.1 Å². The summed E-state index contributed by atoms with van der Waals surface area (Å²) in [7, 11) is -0.204. The van der Waals surface area contributed by atoms with Crippen LogP contribution >= 0.6 is 0 Å². The molecule has 0 aromatic carbocycles. The van der Waals surface area contributed by atoms with E-state index in [-0.39, 0.29) is 0 Å². The van der Waals surface area contributed by atoms with Crippen molar-refractivity contribution in [2.24, 2.45) is 0 Å². The molecule has 0 aromatic rings. The topological polar surface area (TPSA) is 52.7 Å². The summed E-state index contributed by atoms with van der Waals surface area (Å²) in [6, 6.07) is 0. The van der Waals surface area contributed by atoms with Gasteiger partial charge in [0.05, 0.1) is 0 Å². The zero-order chi connectivity index (χ0) is 11.9. The molecule has 1 N–H and O–H groups in total. The Kier molecular flexibility index (Phi) is 7.08.